The monoisotopic (exact) mass is 277 g/mol. The molecule has 1 aromatic carbocycles. The maximum Gasteiger partial charge on any atom is 0.320 e. The predicted molar refractivity (Wildman–Crippen MR) is 77.1 cm³/mol. The molecule has 0 aromatic heterocycles. The summed E-state index contributed by atoms with van der Waals surface area (Å²) in [6.07, 6.45) is 2.48. The molecule has 102 valence electrons. The predicted octanol–water partition coefficient (Wildman–Crippen LogP) is 2.31. The largest absolute Gasteiger partial charge is 0.460 e. The van der Waals surface area contributed by atoms with E-state index in [1.54, 1.807) is 0 Å². The SMILES string of the molecule is O=C(CN1C2CCC1CSC2)OCc1ccccc1. The molecule has 2 atom stereocenters. The molecule has 2 fully saturated rings. The number of carbonyl (C=O) groups is 1. The number of thioether (sulfide) groups is 1. The van der Waals surface area contributed by atoms with E-state index in [-0.39, 0.29) is 5.97 Å². The van der Waals surface area contributed by atoms with Gasteiger partial charge in [-0.1, -0.05) is 30.3 Å². The summed E-state index contributed by atoms with van der Waals surface area (Å²) in [5, 5.41) is 0. The molecule has 19 heavy (non-hydrogen) atoms. The second-order valence-corrected chi connectivity index (χ2v) is 6.32. The van der Waals surface area contributed by atoms with Crippen LogP contribution in [0, 0.1) is 0 Å². The summed E-state index contributed by atoms with van der Waals surface area (Å²) in [4.78, 5) is 14.3. The second kappa shape index (κ2) is 5.97. The van der Waals surface area contributed by atoms with Crippen molar-refractivity contribution in [3.05, 3.63) is 35.9 Å². The van der Waals surface area contributed by atoms with E-state index < -0.39 is 0 Å². The highest BCUT2D eigenvalue weighted by atomic mass is 32.2. The molecule has 2 aliphatic rings. The Balaban J connectivity index is 1.49. The molecule has 2 bridgehead atoms. The molecular formula is C15H19NO2S. The Hall–Kier alpha value is -1.00. The van der Waals surface area contributed by atoms with Gasteiger partial charge in [-0.2, -0.15) is 11.8 Å². The molecule has 1 aromatic rings. The molecule has 0 spiro atoms. The topological polar surface area (TPSA) is 29.5 Å². The minimum absolute atomic E-state index is 0.0901. The van der Waals surface area contributed by atoms with Crippen LogP contribution in [0.15, 0.2) is 30.3 Å². The fraction of sp³-hybridized carbons (Fsp3) is 0.533. The number of rotatable bonds is 4. The summed E-state index contributed by atoms with van der Waals surface area (Å²) in [6.45, 7) is 0.848. The number of hydrogen-bond acceptors (Lipinski definition) is 4. The second-order valence-electron chi connectivity index (χ2n) is 5.24. The Morgan fingerprint density at radius 1 is 1.21 bits per heavy atom. The zero-order valence-electron chi connectivity index (χ0n) is 11.0. The minimum atomic E-state index is -0.0901. The van der Waals surface area contributed by atoms with Crippen LogP contribution < -0.4 is 0 Å². The highest BCUT2D eigenvalue weighted by molar-refractivity contribution is 7.99. The Morgan fingerprint density at radius 3 is 2.58 bits per heavy atom. The third kappa shape index (κ3) is 3.12. The molecular weight excluding hydrogens is 258 g/mol. The molecule has 0 radical (unpaired) electrons. The summed E-state index contributed by atoms with van der Waals surface area (Å²) < 4.78 is 5.37. The van der Waals surface area contributed by atoms with Crippen LogP contribution in [0.5, 0.6) is 0 Å². The normalized spacial score (nSPS) is 26.3. The highest BCUT2D eigenvalue weighted by Crippen LogP contribution is 2.33. The number of ether oxygens (including phenoxy) is 1. The maximum atomic E-state index is 11.9. The average molecular weight is 277 g/mol. The Kier molecular flexibility index (Phi) is 4.09. The smallest absolute Gasteiger partial charge is 0.320 e. The molecule has 2 aliphatic heterocycles. The first-order valence-electron chi connectivity index (χ1n) is 6.86. The van der Waals surface area contributed by atoms with Crippen LogP contribution in [0.3, 0.4) is 0 Å². The van der Waals surface area contributed by atoms with Gasteiger partial charge in [-0.05, 0) is 18.4 Å². The van der Waals surface area contributed by atoms with Gasteiger partial charge in [0.1, 0.15) is 6.61 Å². The third-order valence-electron chi connectivity index (χ3n) is 3.95. The number of hydrogen-bond donors (Lipinski definition) is 0. The van der Waals surface area contributed by atoms with Crippen molar-refractivity contribution < 1.29 is 9.53 Å². The van der Waals surface area contributed by atoms with Gasteiger partial charge in [0, 0.05) is 23.6 Å². The Bertz CT molecular complexity index is 421. The lowest BCUT2D eigenvalue weighted by Gasteiger charge is -2.33. The maximum absolute atomic E-state index is 11.9. The molecule has 2 heterocycles. The summed E-state index contributed by atoms with van der Waals surface area (Å²) in [5.41, 5.74) is 1.05. The highest BCUT2D eigenvalue weighted by Gasteiger charge is 2.37. The quantitative estimate of drug-likeness (QED) is 0.790. The zero-order chi connectivity index (χ0) is 13.1. The zero-order valence-corrected chi connectivity index (χ0v) is 11.8. The molecule has 4 heteroatoms. The molecule has 0 aliphatic carbocycles. The van der Waals surface area contributed by atoms with Crippen LogP contribution in [0.2, 0.25) is 0 Å². The van der Waals surface area contributed by atoms with E-state index in [0.717, 1.165) is 5.56 Å². The van der Waals surface area contributed by atoms with Gasteiger partial charge in [-0.15, -0.1) is 0 Å². The van der Waals surface area contributed by atoms with E-state index in [9.17, 15) is 4.79 Å². The van der Waals surface area contributed by atoms with Crippen molar-refractivity contribution in [2.24, 2.45) is 0 Å². The lowest BCUT2D eigenvalue weighted by Crippen LogP contribution is -2.45. The first-order valence-corrected chi connectivity index (χ1v) is 8.01. The molecule has 2 unspecified atom stereocenters. The third-order valence-corrected chi connectivity index (χ3v) is 5.19. The van der Waals surface area contributed by atoms with Gasteiger partial charge in [0.25, 0.3) is 0 Å². The minimum Gasteiger partial charge on any atom is -0.460 e. The lowest BCUT2D eigenvalue weighted by molar-refractivity contribution is -0.146. The first kappa shape index (κ1) is 13.0. The molecule has 0 amide bonds. The van der Waals surface area contributed by atoms with E-state index in [1.165, 1.54) is 24.3 Å². The van der Waals surface area contributed by atoms with Crippen molar-refractivity contribution in [1.82, 2.24) is 4.90 Å². The van der Waals surface area contributed by atoms with Crippen LogP contribution >= 0.6 is 11.8 Å². The van der Waals surface area contributed by atoms with Crippen LogP contribution in [0.4, 0.5) is 0 Å². The van der Waals surface area contributed by atoms with Crippen LogP contribution in [-0.4, -0.2) is 41.0 Å². The summed E-state index contributed by atoms with van der Waals surface area (Å²) in [7, 11) is 0. The van der Waals surface area contributed by atoms with Gasteiger partial charge in [0.2, 0.25) is 0 Å². The average Bonchev–Trinajstić information content (AvgIpc) is 2.67. The molecule has 0 N–H and O–H groups in total. The number of esters is 1. The molecule has 3 rings (SSSR count). The molecule has 0 saturated carbocycles. The van der Waals surface area contributed by atoms with Crippen molar-refractivity contribution in [3.8, 4) is 0 Å². The summed E-state index contributed by atoms with van der Waals surface area (Å²) >= 11 is 2.02. The molecule has 2 saturated heterocycles. The summed E-state index contributed by atoms with van der Waals surface area (Å²) in [5.74, 6) is 2.25. The van der Waals surface area contributed by atoms with Gasteiger partial charge in [0.05, 0.1) is 6.54 Å². The van der Waals surface area contributed by atoms with Gasteiger partial charge < -0.3 is 4.74 Å². The van der Waals surface area contributed by atoms with E-state index in [4.69, 9.17) is 4.74 Å². The van der Waals surface area contributed by atoms with Crippen molar-refractivity contribution in [2.75, 3.05) is 18.1 Å². The standard InChI is InChI=1S/C15H19NO2S/c17-15(18-9-12-4-2-1-3-5-12)8-16-13-6-7-14(16)11-19-10-13/h1-5,13-14H,6-11H2. The van der Waals surface area contributed by atoms with Gasteiger partial charge >= 0.3 is 5.97 Å². The van der Waals surface area contributed by atoms with E-state index in [2.05, 4.69) is 4.90 Å². The van der Waals surface area contributed by atoms with Gasteiger partial charge in [-0.25, -0.2) is 0 Å². The van der Waals surface area contributed by atoms with Crippen molar-refractivity contribution in [1.29, 1.82) is 0 Å². The van der Waals surface area contributed by atoms with E-state index >= 15 is 0 Å². The number of fused-ring (bicyclic) bond motifs is 2. The number of carbonyl (C=O) groups excluding carboxylic acids is 1. The molecule has 3 nitrogen and oxygen atoms in total. The fourth-order valence-corrected chi connectivity index (χ4v) is 4.30. The Labute approximate surface area is 118 Å². The first-order chi connectivity index (χ1) is 9.33. The fourth-order valence-electron chi connectivity index (χ4n) is 2.90. The van der Waals surface area contributed by atoms with Gasteiger partial charge in [-0.3, -0.25) is 9.69 Å². The van der Waals surface area contributed by atoms with Crippen molar-refractivity contribution >= 4 is 17.7 Å². The Morgan fingerprint density at radius 2 is 1.89 bits per heavy atom. The van der Waals surface area contributed by atoms with E-state index in [1.807, 2.05) is 42.1 Å². The lowest BCUT2D eigenvalue weighted by atomic mass is 10.2. The van der Waals surface area contributed by atoms with Crippen LogP contribution in [0.25, 0.3) is 0 Å². The number of nitrogens with zero attached hydrogens (tertiary/aromatic N) is 1. The summed E-state index contributed by atoms with van der Waals surface area (Å²) in [6, 6.07) is 11.0. The van der Waals surface area contributed by atoms with Gasteiger partial charge in [0.15, 0.2) is 0 Å². The van der Waals surface area contributed by atoms with Crippen LogP contribution in [0.1, 0.15) is 18.4 Å². The van der Waals surface area contributed by atoms with E-state index in [0.29, 0.717) is 25.2 Å². The van der Waals surface area contributed by atoms with Crippen molar-refractivity contribution in [2.45, 2.75) is 31.5 Å². The van der Waals surface area contributed by atoms with Crippen molar-refractivity contribution in [3.63, 3.8) is 0 Å². The van der Waals surface area contributed by atoms with Crippen LogP contribution in [-0.2, 0) is 16.1 Å². The number of benzene rings is 1.